The molecule has 0 aliphatic carbocycles. The Labute approximate surface area is 71.0 Å². The number of amides is 2. The van der Waals surface area contributed by atoms with E-state index in [9.17, 15) is 14.7 Å². The van der Waals surface area contributed by atoms with E-state index in [1.54, 1.807) is 0 Å². The molecule has 57 valence electrons. The fourth-order valence-corrected chi connectivity index (χ4v) is 0.305. The maximum Gasteiger partial charge on any atom is 0.457 e. The number of carbonyl (C=O) groups excluding carboxylic acids is 2. The molecule has 0 atom stereocenters. The zero-order valence-corrected chi connectivity index (χ0v) is 6.63. The molecule has 0 saturated heterocycles. The van der Waals surface area contributed by atoms with E-state index in [1.807, 2.05) is 0 Å². The predicted octanol–water partition coefficient (Wildman–Crippen LogP) is 1.02. The normalized spacial score (nSPS) is 10.7. The number of hydrogen-bond acceptors (Lipinski definition) is 2. The van der Waals surface area contributed by atoms with Crippen molar-refractivity contribution in [3.63, 3.8) is 0 Å². The lowest BCUT2D eigenvalue weighted by atomic mass is 10.7. The molecule has 10 heavy (non-hydrogen) atoms. The summed E-state index contributed by atoms with van der Waals surface area (Å²) in [4.78, 5) is 20.0. The first-order chi connectivity index (χ1) is 4.34. The van der Waals surface area contributed by atoms with Crippen LogP contribution in [-0.2, 0) is 9.90 Å². The minimum atomic E-state index is -2.26. The second-order valence-corrected chi connectivity index (χ2v) is 3.52. The molecule has 0 heterocycles. The van der Waals surface area contributed by atoms with Gasteiger partial charge in [0, 0.05) is 0 Å². The number of nitrogens with one attached hydrogen (secondary N) is 1. The molecule has 0 bridgehead atoms. The van der Waals surface area contributed by atoms with Gasteiger partial charge in [0.2, 0.25) is 0 Å². The van der Waals surface area contributed by atoms with Gasteiger partial charge in [-0.2, -0.15) is 0 Å². The van der Waals surface area contributed by atoms with Crippen molar-refractivity contribution in [1.29, 1.82) is 0 Å². The monoisotopic (exact) mass is 204 g/mol. The number of rotatable bonds is 0. The third-order valence-electron chi connectivity index (χ3n) is 0.473. The third kappa shape index (κ3) is 3.76. The van der Waals surface area contributed by atoms with Crippen LogP contribution in [0.2, 0.25) is 0 Å². The molecule has 0 aromatic heterocycles. The number of alkyl halides is 3. The summed E-state index contributed by atoms with van der Waals surface area (Å²) in [6.07, 6.45) is -1.81. The highest BCUT2D eigenvalue weighted by molar-refractivity contribution is 6.76. The second-order valence-electron chi connectivity index (χ2n) is 1.24. The van der Waals surface area contributed by atoms with Crippen LogP contribution in [0.25, 0.3) is 0 Å². The highest BCUT2D eigenvalue weighted by Gasteiger charge is 2.32. The van der Waals surface area contributed by atoms with Gasteiger partial charge in [-0.3, -0.25) is 10.1 Å². The number of imide groups is 1. The summed E-state index contributed by atoms with van der Waals surface area (Å²) in [6.45, 7) is 0. The lowest BCUT2D eigenvalue weighted by Gasteiger charge is -2.05. The fraction of sp³-hybridized carbons (Fsp3) is 0.333. The molecule has 0 aromatic rings. The zero-order chi connectivity index (χ0) is 8.36. The van der Waals surface area contributed by atoms with Crippen molar-refractivity contribution in [2.24, 2.45) is 0 Å². The number of halogens is 3. The minimum absolute atomic E-state index is 1.25. The molecule has 0 fully saturated rings. The van der Waals surface area contributed by atoms with Gasteiger partial charge in [0.1, 0.15) is 0 Å². The molecule has 7 heteroatoms. The van der Waals surface area contributed by atoms with Crippen LogP contribution in [0.5, 0.6) is 0 Å². The van der Waals surface area contributed by atoms with Gasteiger partial charge < -0.3 is 0 Å². The van der Waals surface area contributed by atoms with Crippen molar-refractivity contribution in [1.82, 2.24) is 5.32 Å². The summed E-state index contributed by atoms with van der Waals surface area (Å²) >= 11 is 14.9. The predicted molar refractivity (Wildman–Crippen MR) is 34.5 cm³/mol. The van der Waals surface area contributed by atoms with E-state index in [4.69, 9.17) is 34.8 Å². The van der Waals surface area contributed by atoms with Crippen LogP contribution < -0.4 is 5.32 Å². The zero-order valence-electron chi connectivity index (χ0n) is 4.36. The van der Waals surface area contributed by atoms with Crippen molar-refractivity contribution >= 4 is 46.8 Å². The minimum Gasteiger partial charge on any atom is -0.270 e. The quantitative estimate of drug-likeness (QED) is 0.600. The van der Waals surface area contributed by atoms with Gasteiger partial charge in [0.05, 0.1) is 0 Å². The first kappa shape index (κ1) is 9.81. The van der Waals surface area contributed by atoms with Crippen molar-refractivity contribution in [3.05, 3.63) is 0 Å². The first-order valence-electron chi connectivity index (χ1n) is 1.93. The lowest BCUT2D eigenvalue weighted by Crippen LogP contribution is -2.37. The van der Waals surface area contributed by atoms with Crippen molar-refractivity contribution in [2.45, 2.75) is 3.79 Å². The van der Waals surface area contributed by atoms with Gasteiger partial charge in [-0.05, 0) is 0 Å². The summed E-state index contributed by atoms with van der Waals surface area (Å²) in [7, 11) is 0. The largest absolute Gasteiger partial charge is 0.457 e. The van der Waals surface area contributed by atoms with Gasteiger partial charge >= 0.3 is 6.09 Å². The van der Waals surface area contributed by atoms with Crippen LogP contribution in [0.1, 0.15) is 0 Å². The van der Waals surface area contributed by atoms with Crippen LogP contribution in [0.15, 0.2) is 0 Å². The van der Waals surface area contributed by atoms with Crippen LogP contribution >= 0.6 is 34.8 Å². The Balaban J connectivity index is 3.99. The SMILES string of the molecule is [O]C(=O)NC(=O)C(Cl)(Cl)Cl. The molecular weight excluding hydrogens is 204 g/mol. The first-order valence-corrected chi connectivity index (χ1v) is 3.06. The maximum atomic E-state index is 10.3. The third-order valence-corrected chi connectivity index (χ3v) is 0.988. The van der Waals surface area contributed by atoms with Crippen LogP contribution in [0, 0.1) is 0 Å². The van der Waals surface area contributed by atoms with E-state index in [-0.39, 0.29) is 0 Å². The van der Waals surface area contributed by atoms with E-state index in [0.29, 0.717) is 0 Å². The van der Waals surface area contributed by atoms with E-state index < -0.39 is 15.8 Å². The van der Waals surface area contributed by atoms with Crippen molar-refractivity contribution in [3.8, 4) is 0 Å². The molecule has 0 rings (SSSR count). The van der Waals surface area contributed by atoms with Gasteiger partial charge in [0.15, 0.2) is 0 Å². The van der Waals surface area contributed by atoms with Crippen LogP contribution in [-0.4, -0.2) is 15.8 Å². The number of carbonyl (C=O) groups is 2. The molecule has 0 aliphatic heterocycles. The molecule has 0 unspecified atom stereocenters. The number of hydrogen-bond donors (Lipinski definition) is 1. The Morgan fingerprint density at radius 2 is 1.60 bits per heavy atom. The molecule has 2 amide bonds. The Kier molecular flexibility index (Phi) is 3.21. The highest BCUT2D eigenvalue weighted by atomic mass is 35.6. The average Bonchev–Trinajstić information content (AvgIpc) is 1.60. The lowest BCUT2D eigenvalue weighted by molar-refractivity contribution is -0.119. The molecule has 4 nitrogen and oxygen atoms in total. The Hall–Kier alpha value is -0.190. The molecule has 1 radical (unpaired) electrons. The molecular formula is C3HCl3NO3. The van der Waals surface area contributed by atoms with Gasteiger partial charge in [-0.25, -0.2) is 9.90 Å². The highest BCUT2D eigenvalue weighted by Crippen LogP contribution is 2.25. The van der Waals surface area contributed by atoms with Gasteiger partial charge in [-0.1, -0.05) is 34.8 Å². The van der Waals surface area contributed by atoms with Crippen molar-refractivity contribution in [2.75, 3.05) is 0 Å². The van der Waals surface area contributed by atoms with Gasteiger partial charge in [-0.15, -0.1) is 0 Å². The summed E-state index contributed by atoms with van der Waals surface area (Å²) in [6, 6.07) is 0. The fourth-order valence-electron chi connectivity index (χ4n) is 0.164. The molecule has 0 spiro atoms. The smallest absolute Gasteiger partial charge is 0.270 e. The Morgan fingerprint density at radius 1 is 1.20 bits per heavy atom. The molecule has 0 saturated carbocycles. The summed E-state index contributed by atoms with van der Waals surface area (Å²) in [5, 5.41) is 10.9. The molecule has 0 aliphatic rings. The standard InChI is InChI=1S/C3HCl3NO3/c4-3(5,6)1(8)7-2(9)10/h(H,7,8). The van der Waals surface area contributed by atoms with E-state index in [1.165, 1.54) is 5.32 Å². The average molecular weight is 205 g/mol. The Bertz CT molecular complexity index is 163. The summed E-state index contributed by atoms with van der Waals surface area (Å²) in [5.41, 5.74) is 0. The Morgan fingerprint density at radius 3 is 1.70 bits per heavy atom. The van der Waals surface area contributed by atoms with Crippen molar-refractivity contribution < 1.29 is 14.7 Å². The molecule has 1 N–H and O–H groups in total. The second kappa shape index (κ2) is 3.27. The van der Waals surface area contributed by atoms with Crippen LogP contribution in [0.3, 0.4) is 0 Å². The van der Waals surface area contributed by atoms with E-state index in [0.717, 1.165) is 0 Å². The molecule has 0 aromatic carbocycles. The maximum absolute atomic E-state index is 10.3. The summed E-state index contributed by atoms with van der Waals surface area (Å²) in [5.74, 6) is -1.25. The topological polar surface area (TPSA) is 66.1 Å². The van der Waals surface area contributed by atoms with E-state index >= 15 is 0 Å². The van der Waals surface area contributed by atoms with Crippen LogP contribution in [0.4, 0.5) is 4.79 Å². The van der Waals surface area contributed by atoms with E-state index in [2.05, 4.69) is 0 Å². The summed E-state index contributed by atoms with van der Waals surface area (Å²) < 4.78 is -2.26. The van der Waals surface area contributed by atoms with Gasteiger partial charge in [0.25, 0.3) is 9.70 Å².